The van der Waals surface area contributed by atoms with Gasteiger partial charge in [-0.25, -0.2) is 9.79 Å². The van der Waals surface area contributed by atoms with E-state index in [1.54, 1.807) is 30.5 Å². The summed E-state index contributed by atoms with van der Waals surface area (Å²) in [6, 6.07) is 21.4. The molecule has 0 radical (unpaired) electrons. The molecule has 1 aliphatic rings. The molecule has 0 N–H and O–H groups in total. The Kier molecular flexibility index (Phi) is 8.02. The van der Waals surface area contributed by atoms with Gasteiger partial charge in [-0.05, 0) is 61.4 Å². The number of fused-ring (bicyclic) bond motifs is 1. The highest BCUT2D eigenvalue weighted by atomic mass is 35.5. The number of thiazole rings is 1. The zero-order chi connectivity index (χ0) is 27.5. The van der Waals surface area contributed by atoms with Gasteiger partial charge in [0.25, 0.3) is 5.56 Å². The van der Waals surface area contributed by atoms with Gasteiger partial charge in [-0.3, -0.25) is 9.36 Å². The van der Waals surface area contributed by atoms with Gasteiger partial charge < -0.3 is 9.47 Å². The fourth-order valence-corrected chi connectivity index (χ4v) is 5.70. The molecule has 0 bridgehead atoms. The van der Waals surface area contributed by atoms with Gasteiger partial charge in [-0.1, -0.05) is 77.0 Å². The SMILES string of the molecule is CCOC(=O)C1=C(C)N=c2s/c(=C\c3ccc(OCc4ccccc4Cl)cc3)c(=O)n2[C@@H]1c1ccc(Cl)cc1. The summed E-state index contributed by atoms with van der Waals surface area (Å²) in [6.45, 7) is 4.07. The van der Waals surface area contributed by atoms with Crippen LogP contribution in [0.4, 0.5) is 0 Å². The standard InChI is InChI=1S/C30H24Cl2N2O4S/c1-3-37-29(36)26-18(2)33-30-34(27(26)20-10-12-22(31)13-11-20)28(35)25(39-30)16-19-8-14-23(15-9-19)38-17-21-6-4-5-7-24(21)32/h4-16,27H,3,17H2,1-2H3/b25-16-/t27-/m1/s1. The first kappa shape index (κ1) is 26.9. The van der Waals surface area contributed by atoms with Crippen molar-refractivity contribution in [3.05, 3.63) is 130 Å². The first-order valence-corrected chi connectivity index (χ1v) is 13.8. The maximum Gasteiger partial charge on any atom is 0.338 e. The Morgan fingerprint density at radius 2 is 1.77 bits per heavy atom. The zero-order valence-corrected chi connectivity index (χ0v) is 23.5. The molecule has 3 aromatic carbocycles. The number of hydrogen-bond donors (Lipinski definition) is 0. The van der Waals surface area contributed by atoms with Crippen LogP contribution in [-0.4, -0.2) is 17.1 Å². The minimum atomic E-state index is -0.680. The maximum atomic E-state index is 13.7. The van der Waals surface area contributed by atoms with Gasteiger partial charge >= 0.3 is 5.97 Å². The molecule has 39 heavy (non-hydrogen) atoms. The Hall–Kier alpha value is -3.65. The molecular formula is C30H24Cl2N2O4S. The van der Waals surface area contributed by atoms with Crippen molar-refractivity contribution in [3.8, 4) is 5.75 Å². The predicted molar refractivity (Wildman–Crippen MR) is 154 cm³/mol. The number of hydrogen-bond acceptors (Lipinski definition) is 6. The highest BCUT2D eigenvalue weighted by Gasteiger charge is 2.33. The van der Waals surface area contributed by atoms with Crippen LogP contribution < -0.4 is 19.6 Å². The summed E-state index contributed by atoms with van der Waals surface area (Å²) in [7, 11) is 0. The summed E-state index contributed by atoms with van der Waals surface area (Å²) in [5, 5.41) is 1.21. The van der Waals surface area contributed by atoms with Crippen molar-refractivity contribution in [1.82, 2.24) is 4.57 Å². The average molecular weight is 580 g/mol. The van der Waals surface area contributed by atoms with Crippen LogP contribution in [0.1, 0.15) is 36.6 Å². The molecule has 4 aromatic rings. The van der Waals surface area contributed by atoms with Crippen LogP contribution in [0, 0.1) is 0 Å². The minimum absolute atomic E-state index is 0.214. The summed E-state index contributed by atoms with van der Waals surface area (Å²) in [5.74, 6) is 0.186. The number of esters is 1. The van der Waals surface area contributed by atoms with Crippen molar-refractivity contribution >= 4 is 46.6 Å². The topological polar surface area (TPSA) is 69.9 Å². The van der Waals surface area contributed by atoms with Gasteiger partial charge in [0.1, 0.15) is 12.4 Å². The summed E-state index contributed by atoms with van der Waals surface area (Å²) in [6.07, 6.45) is 1.81. The van der Waals surface area contributed by atoms with Crippen molar-refractivity contribution < 1.29 is 14.3 Å². The number of ether oxygens (including phenoxy) is 2. The van der Waals surface area contributed by atoms with Crippen molar-refractivity contribution in [2.75, 3.05) is 6.61 Å². The van der Waals surface area contributed by atoms with Crippen LogP contribution in [0.2, 0.25) is 10.0 Å². The molecule has 0 unspecified atom stereocenters. The lowest BCUT2D eigenvalue weighted by Gasteiger charge is -2.24. The second-order valence-electron chi connectivity index (χ2n) is 8.80. The molecule has 9 heteroatoms. The summed E-state index contributed by atoms with van der Waals surface area (Å²) < 4.78 is 13.2. The van der Waals surface area contributed by atoms with Crippen LogP contribution >= 0.6 is 34.5 Å². The van der Waals surface area contributed by atoms with E-state index in [1.165, 1.54) is 11.3 Å². The lowest BCUT2D eigenvalue weighted by Crippen LogP contribution is -2.39. The molecule has 0 fully saturated rings. The maximum absolute atomic E-state index is 13.7. The molecule has 0 amide bonds. The van der Waals surface area contributed by atoms with E-state index >= 15 is 0 Å². The van der Waals surface area contributed by atoms with E-state index in [0.717, 1.165) is 16.7 Å². The molecule has 0 saturated heterocycles. The van der Waals surface area contributed by atoms with Crippen molar-refractivity contribution in [2.24, 2.45) is 4.99 Å². The number of rotatable bonds is 7. The first-order valence-electron chi connectivity index (χ1n) is 12.3. The quantitative estimate of drug-likeness (QED) is 0.264. The fourth-order valence-electron chi connectivity index (χ4n) is 4.34. The van der Waals surface area contributed by atoms with Gasteiger partial charge in [0.15, 0.2) is 4.80 Å². The minimum Gasteiger partial charge on any atom is -0.489 e. The van der Waals surface area contributed by atoms with E-state index in [0.29, 0.717) is 43.0 Å². The van der Waals surface area contributed by atoms with Gasteiger partial charge in [-0.15, -0.1) is 0 Å². The largest absolute Gasteiger partial charge is 0.489 e. The van der Waals surface area contributed by atoms with Crippen LogP contribution in [0.3, 0.4) is 0 Å². The molecule has 0 saturated carbocycles. The van der Waals surface area contributed by atoms with E-state index in [1.807, 2.05) is 66.7 Å². The highest BCUT2D eigenvalue weighted by molar-refractivity contribution is 7.07. The van der Waals surface area contributed by atoms with Crippen LogP contribution in [0.25, 0.3) is 6.08 Å². The number of benzene rings is 3. The van der Waals surface area contributed by atoms with E-state index < -0.39 is 12.0 Å². The fraction of sp³-hybridized carbons (Fsp3) is 0.167. The van der Waals surface area contributed by atoms with Gasteiger partial charge in [0.05, 0.1) is 28.5 Å². The van der Waals surface area contributed by atoms with Gasteiger partial charge in [0.2, 0.25) is 0 Å². The predicted octanol–water partition coefficient (Wildman–Crippen LogP) is 5.68. The second-order valence-corrected chi connectivity index (χ2v) is 10.7. The first-order chi connectivity index (χ1) is 18.9. The normalized spacial score (nSPS) is 15.1. The zero-order valence-electron chi connectivity index (χ0n) is 21.2. The van der Waals surface area contributed by atoms with E-state index in [-0.39, 0.29) is 12.2 Å². The van der Waals surface area contributed by atoms with E-state index in [4.69, 9.17) is 32.7 Å². The Bertz CT molecular complexity index is 1740. The number of carbonyl (C=O) groups is 1. The highest BCUT2D eigenvalue weighted by Crippen LogP contribution is 2.31. The molecule has 5 rings (SSSR count). The third kappa shape index (κ3) is 5.71. The molecule has 0 spiro atoms. The van der Waals surface area contributed by atoms with Crippen molar-refractivity contribution in [1.29, 1.82) is 0 Å². The molecule has 0 aliphatic carbocycles. The summed E-state index contributed by atoms with van der Waals surface area (Å²) in [4.78, 5) is 31.8. The average Bonchev–Trinajstić information content (AvgIpc) is 3.23. The number of halogens is 2. The Balaban J connectivity index is 1.50. The summed E-state index contributed by atoms with van der Waals surface area (Å²) >= 11 is 13.6. The van der Waals surface area contributed by atoms with Crippen LogP contribution in [-0.2, 0) is 16.1 Å². The monoisotopic (exact) mass is 578 g/mol. The van der Waals surface area contributed by atoms with Gasteiger partial charge in [0, 0.05) is 15.6 Å². The Morgan fingerprint density at radius 1 is 1.05 bits per heavy atom. The Labute approximate surface area is 239 Å². The molecule has 2 heterocycles. The molecular weight excluding hydrogens is 555 g/mol. The van der Waals surface area contributed by atoms with Crippen LogP contribution in [0.15, 0.2) is 93.9 Å². The third-order valence-corrected chi connectivity index (χ3v) is 7.84. The molecule has 6 nitrogen and oxygen atoms in total. The Morgan fingerprint density at radius 3 is 2.46 bits per heavy atom. The number of carbonyl (C=O) groups excluding carboxylic acids is 1. The molecule has 1 aliphatic heterocycles. The van der Waals surface area contributed by atoms with Crippen LogP contribution in [0.5, 0.6) is 5.75 Å². The van der Waals surface area contributed by atoms with Crippen molar-refractivity contribution in [2.45, 2.75) is 26.5 Å². The lowest BCUT2D eigenvalue weighted by molar-refractivity contribution is -0.139. The molecule has 198 valence electrons. The van der Waals surface area contributed by atoms with E-state index in [2.05, 4.69) is 4.99 Å². The third-order valence-electron chi connectivity index (χ3n) is 6.23. The van der Waals surface area contributed by atoms with Crippen molar-refractivity contribution in [3.63, 3.8) is 0 Å². The lowest BCUT2D eigenvalue weighted by atomic mass is 9.96. The van der Waals surface area contributed by atoms with E-state index in [9.17, 15) is 9.59 Å². The molecule has 1 atom stereocenters. The number of allylic oxidation sites excluding steroid dienone is 1. The number of nitrogens with zero attached hydrogens (tertiary/aromatic N) is 2. The summed E-state index contributed by atoms with van der Waals surface area (Å²) in [5.41, 5.74) is 3.07. The smallest absolute Gasteiger partial charge is 0.338 e. The molecule has 1 aromatic heterocycles. The number of aromatic nitrogens is 1. The van der Waals surface area contributed by atoms with Gasteiger partial charge in [-0.2, -0.15) is 0 Å². The second kappa shape index (κ2) is 11.6.